The molecule has 3 atom stereocenters. The molecule has 1 aliphatic heterocycles. The van der Waals surface area contributed by atoms with Gasteiger partial charge in [0.25, 0.3) is 0 Å². The van der Waals surface area contributed by atoms with Crippen LogP contribution in [0.2, 0.25) is 0 Å². The van der Waals surface area contributed by atoms with Crippen LogP contribution in [0, 0.1) is 12.8 Å². The fourth-order valence-electron chi connectivity index (χ4n) is 3.94. The summed E-state index contributed by atoms with van der Waals surface area (Å²) in [5.74, 6) is 0.911. The largest absolute Gasteiger partial charge is 0.319 e. The third-order valence-corrected chi connectivity index (χ3v) is 5.19. The number of amides is 1. The van der Waals surface area contributed by atoms with E-state index in [9.17, 15) is 4.79 Å². The number of rotatable bonds is 3. The van der Waals surface area contributed by atoms with Crippen LogP contribution in [-0.4, -0.2) is 22.9 Å². The van der Waals surface area contributed by atoms with Crippen molar-refractivity contribution in [2.24, 2.45) is 5.92 Å². The predicted molar refractivity (Wildman–Crippen MR) is 84.8 cm³/mol. The maximum Gasteiger partial charge on any atom is 0.241 e. The van der Waals surface area contributed by atoms with Crippen LogP contribution in [0.3, 0.4) is 0 Å². The van der Waals surface area contributed by atoms with Crippen LogP contribution in [0.25, 0.3) is 0 Å². The molecule has 0 radical (unpaired) electrons. The Bertz CT molecular complexity index is 522. The van der Waals surface area contributed by atoms with Crippen LogP contribution in [-0.2, 0) is 4.79 Å². The lowest BCUT2D eigenvalue weighted by Gasteiger charge is -2.34. The summed E-state index contributed by atoms with van der Waals surface area (Å²) in [7, 11) is 0. The van der Waals surface area contributed by atoms with Crippen molar-refractivity contribution in [1.82, 2.24) is 10.2 Å². The van der Waals surface area contributed by atoms with Gasteiger partial charge in [0.1, 0.15) is 6.17 Å². The number of carbonyl (C=O) groups excluding carboxylic acids is 1. The smallest absolute Gasteiger partial charge is 0.241 e. The molecular formula is C18H26N2O. The zero-order chi connectivity index (χ0) is 15.0. The van der Waals surface area contributed by atoms with Crippen molar-refractivity contribution in [1.29, 1.82) is 0 Å². The van der Waals surface area contributed by atoms with Crippen molar-refractivity contribution < 1.29 is 4.79 Å². The van der Waals surface area contributed by atoms with Gasteiger partial charge in [0.05, 0.1) is 6.04 Å². The minimum absolute atomic E-state index is 0.0306. The molecule has 0 aromatic heterocycles. The lowest BCUT2D eigenvalue weighted by Crippen LogP contribution is -2.42. The summed E-state index contributed by atoms with van der Waals surface area (Å²) < 4.78 is 0. The SMILES string of the molecule is Cc1cccc(C2NC(C)C(=O)N2C(C)C2CCCC2)c1. The van der Waals surface area contributed by atoms with Gasteiger partial charge in [0.15, 0.2) is 0 Å². The molecule has 1 amide bonds. The Morgan fingerprint density at radius 3 is 2.67 bits per heavy atom. The second-order valence-electron chi connectivity index (χ2n) is 6.74. The molecule has 2 fully saturated rings. The quantitative estimate of drug-likeness (QED) is 0.923. The Hall–Kier alpha value is -1.35. The molecule has 3 rings (SSSR count). The second-order valence-corrected chi connectivity index (χ2v) is 6.74. The first-order chi connectivity index (χ1) is 10.1. The molecule has 0 spiro atoms. The van der Waals surface area contributed by atoms with Crippen LogP contribution in [0.15, 0.2) is 24.3 Å². The monoisotopic (exact) mass is 286 g/mol. The normalized spacial score (nSPS) is 28.3. The first-order valence-electron chi connectivity index (χ1n) is 8.22. The Balaban J connectivity index is 1.88. The fourth-order valence-corrected chi connectivity index (χ4v) is 3.94. The highest BCUT2D eigenvalue weighted by molar-refractivity contribution is 5.84. The topological polar surface area (TPSA) is 32.3 Å². The van der Waals surface area contributed by atoms with Gasteiger partial charge in [-0.25, -0.2) is 0 Å². The van der Waals surface area contributed by atoms with Crippen molar-refractivity contribution in [2.75, 3.05) is 0 Å². The first kappa shape index (κ1) is 14.6. The van der Waals surface area contributed by atoms with Gasteiger partial charge in [-0.1, -0.05) is 42.7 Å². The molecule has 1 N–H and O–H groups in total. The number of aryl methyl sites for hydroxylation is 1. The van der Waals surface area contributed by atoms with Crippen LogP contribution < -0.4 is 5.32 Å². The van der Waals surface area contributed by atoms with E-state index in [1.54, 1.807) is 0 Å². The van der Waals surface area contributed by atoms with E-state index in [1.807, 2.05) is 6.92 Å². The maximum absolute atomic E-state index is 12.6. The molecule has 114 valence electrons. The third kappa shape index (κ3) is 2.71. The Morgan fingerprint density at radius 1 is 1.29 bits per heavy atom. The van der Waals surface area contributed by atoms with Crippen molar-refractivity contribution >= 4 is 5.91 Å². The van der Waals surface area contributed by atoms with Crippen LogP contribution in [0.1, 0.15) is 56.8 Å². The molecule has 3 unspecified atom stereocenters. The minimum Gasteiger partial charge on any atom is -0.319 e. The molecule has 2 aliphatic rings. The number of benzene rings is 1. The lowest BCUT2D eigenvalue weighted by molar-refractivity contribution is -0.132. The second kappa shape index (κ2) is 5.80. The number of nitrogens with zero attached hydrogens (tertiary/aromatic N) is 1. The Kier molecular flexibility index (Phi) is 4.03. The molecule has 1 aromatic carbocycles. The highest BCUT2D eigenvalue weighted by Crippen LogP contribution is 2.36. The summed E-state index contributed by atoms with van der Waals surface area (Å²) in [5.41, 5.74) is 2.45. The van der Waals surface area contributed by atoms with Gasteiger partial charge in [0, 0.05) is 6.04 Å². The average Bonchev–Trinajstić information content (AvgIpc) is 3.08. The van der Waals surface area contributed by atoms with E-state index in [-0.39, 0.29) is 18.1 Å². The van der Waals surface area contributed by atoms with Gasteiger partial charge in [-0.05, 0) is 45.1 Å². The van der Waals surface area contributed by atoms with Gasteiger partial charge >= 0.3 is 0 Å². The summed E-state index contributed by atoms with van der Waals surface area (Å²) in [6.45, 7) is 6.32. The highest BCUT2D eigenvalue weighted by atomic mass is 16.2. The number of nitrogens with one attached hydrogen (secondary N) is 1. The summed E-state index contributed by atoms with van der Waals surface area (Å²) in [6, 6.07) is 8.75. The van der Waals surface area contributed by atoms with Crippen LogP contribution in [0.5, 0.6) is 0 Å². The van der Waals surface area contributed by atoms with E-state index in [4.69, 9.17) is 0 Å². The zero-order valence-corrected chi connectivity index (χ0v) is 13.3. The third-order valence-electron chi connectivity index (χ3n) is 5.19. The summed E-state index contributed by atoms with van der Waals surface area (Å²) >= 11 is 0. The number of carbonyl (C=O) groups is 1. The van der Waals surface area contributed by atoms with Crippen molar-refractivity contribution in [3.63, 3.8) is 0 Å². The van der Waals surface area contributed by atoms with E-state index in [0.717, 1.165) is 0 Å². The van der Waals surface area contributed by atoms with Crippen molar-refractivity contribution in [3.05, 3.63) is 35.4 Å². The van der Waals surface area contributed by atoms with Crippen LogP contribution >= 0.6 is 0 Å². The van der Waals surface area contributed by atoms with Crippen molar-refractivity contribution in [2.45, 2.75) is 64.7 Å². The first-order valence-corrected chi connectivity index (χ1v) is 8.22. The Morgan fingerprint density at radius 2 is 2.00 bits per heavy atom. The zero-order valence-electron chi connectivity index (χ0n) is 13.3. The average molecular weight is 286 g/mol. The molecule has 21 heavy (non-hydrogen) atoms. The number of hydrogen-bond donors (Lipinski definition) is 1. The molecule has 1 saturated carbocycles. The van der Waals surface area contributed by atoms with Gasteiger partial charge in [0.2, 0.25) is 5.91 Å². The van der Waals surface area contributed by atoms with E-state index in [0.29, 0.717) is 12.0 Å². The van der Waals surface area contributed by atoms with E-state index in [1.165, 1.54) is 36.8 Å². The summed E-state index contributed by atoms with van der Waals surface area (Å²) in [4.78, 5) is 14.7. The van der Waals surface area contributed by atoms with E-state index < -0.39 is 0 Å². The van der Waals surface area contributed by atoms with Gasteiger partial charge in [-0.2, -0.15) is 0 Å². The van der Waals surface area contributed by atoms with Crippen LogP contribution in [0.4, 0.5) is 0 Å². The molecule has 1 saturated heterocycles. The number of hydrogen-bond acceptors (Lipinski definition) is 2. The van der Waals surface area contributed by atoms with E-state index in [2.05, 4.69) is 48.3 Å². The molecule has 1 aromatic rings. The minimum atomic E-state index is -0.0839. The molecule has 0 bridgehead atoms. The molecule has 3 heteroatoms. The van der Waals surface area contributed by atoms with Gasteiger partial charge < -0.3 is 4.90 Å². The molecular weight excluding hydrogens is 260 g/mol. The maximum atomic E-state index is 12.6. The van der Waals surface area contributed by atoms with Gasteiger partial charge in [-0.15, -0.1) is 0 Å². The molecule has 3 nitrogen and oxygen atoms in total. The lowest BCUT2D eigenvalue weighted by atomic mass is 9.97. The molecule has 1 aliphatic carbocycles. The predicted octanol–water partition coefficient (Wildman–Crippen LogP) is 3.39. The highest BCUT2D eigenvalue weighted by Gasteiger charge is 2.42. The molecule has 1 heterocycles. The summed E-state index contributed by atoms with van der Waals surface area (Å²) in [5, 5.41) is 3.48. The summed E-state index contributed by atoms with van der Waals surface area (Å²) in [6.07, 6.45) is 5.19. The van der Waals surface area contributed by atoms with Gasteiger partial charge in [-0.3, -0.25) is 10.1 Å². The standard InChI is InChI=1S/C18H26N2O/c1-12-7-6-10-16(11-12)17-19-13(2)18(21)20(17)14(3)15-8-4-5-9-15/h6-7,10-11,13-15,17,19H,4-5,8-9H2,1-3H3. The fraction of sp³-hybridized carbons (Fsp3) is 0.611. The Labute approximate surface area is 127 Å². The van der Waals surface area contributed by atoms with Crippen molar-refractivity contribution in [3.8, 4) is 0 Å². The van der Waals surface area contributed by atoms with E-state index >= 15 is 0 Å².